The van der Waals surface area contributed by atoms with Gasteiger partial charge in [0.15, 0.2) is 0 Å². The SMILES string of the molecule is CC(C)(C)C(O)(CC(=O)O)CC(=O)O. The average Bonchev–Trinajstić information content (AvgIpc) is 1.78. The highest BCUT2D eigenvalue weighted by Crippen LogP contribution is 2.36. The van der Waals surface area contributed by atoms with Crippen molar-refractivity contribution in [2.45, 2.75) is 39.2 Å². The highest BCUT2D eigenvalue weighted by atomic mass is 16.4. The molecule has 5 heteroatoms. The lowest BCUT2D eigenvalue weighted by molar-refractivity contribution is -0.158. The van der Waals surface area contributed by atoms with Gasteiger partial charge in [0, 0.05) is 0 Å². The maximum Gasteiger partial charge on any atom is 0.306 e. The van der Waals surface area contributed by atoms with E-state index in [4.69, 9.17) is 10.2 Å². The Morgan fingerprint density at radius 1 is 1.00 bits per heavy atom. The Morgan fingerprint density at radius 2 is 1.29 bits per heavy atom. The molecule has 0 heterocycles. The summed E-state index contributed by atoms with van der Waals surface area (Å²) in [6.07, 6.45) is -1.13. The van der Waals surface area contributed by atoms with Gasteiger partial charge in [-0.1, -0.05) is 20.8 Å². The van der Waals surface area contributed by atoms with Gasteiger partial charge in [0.2, 0.25) is 0 Å². The molecule has 0 saturated carbocycles. The first-order chi connectivity index (χ1) is 6.08. The number of carboxylic acids is 2. The predicted molar refractivity (Wildman–Crippen MR) is 48.9 cm³/mol. The van der Waals surface area contributed by atoms with Crippen LogP contribution in [0.4, 0.5) is 0 Å². The first-order valence-electron chi connectivity index (χ1n) is 4.24. The van der Waals surface area contributed by atoms with Crippen LogP contribution < -0.4 is 0 Å². The molecule has 0 aromatic heterocycles. The van der Waals surface area contributed by atoms with Crippen molar-refractivity contribution in [2.75, 3.05) is 0 Å². The fraction of sp³-hybridized carbons (Fsp3) is 0.778. The Labute approximate surface area is 82.4 Å². The lowest BCUT2D eigenvalue weighted by Gasteiger charge is -2.38. The number of hydrogen-bond donors (Lipinski definition) is 3. The van der Waals surface area contributed by atoms with E-state index in [0.29, 0.717) is 0 Å². The van der Waals surface area contributed by atoms with Crippen LogP contribution in [0.1, 0.15) is 33.6 Å². The number of carbonyl (C=O) groups is 2. The van der Waals surface area contributed by atoms with Crippen molar-refractivity contribution < 1.29 is 24.9 Å². The van der Waals surface area contributed by atoms with Crippen LogP contribution in [0.3, 0.4) is 0 Å². The van der Waals surface area contributed by atoms with Crippen molar-refractivity contribution in [3.63, 3.8) is 0 Å². The van der Waals surface area contributed by atoms with Crippen molar-refractivity contribution >= 4 is 11.9 Å². The zero-order chi connectivity index (χ0) is 11.6. The van der Waals surface area contributed by atoms with Crippen molar-refractivity contribution in [2.24, 2.45) is 5.41 Å². The van der Waals surface area contributed by atoms with Gasteiger partial charge in [0.1, 0.15) is 0 Å². The van der Waals surface area contributed by atoms with Crippen LogP contribution in [0, 0.1) is 5.41 Å². The number of rotatable bonds is 4. The second-order valence-electron chi connectivity index (χ2n) is 4.42. The van der Waals surface area contributed by atoms with Crippen LogP contribution >= 0.6 is 0 Å². The Bertz CT molecular complexity index is 222. The molecule has 0 spiro atoms. The molecule has 0 radical (unpaired) electrons. The maximum absolute atomic E-state index is 10.5. The van der Waals surface area contributed by atoms with E-state index in [1.807, 2.05) is 0 Å². The fourth-order valence-electron chi connectivity index (χ4n) is 1.09. The maximum atomic E-state index is 10.5. The van der Waals surface area contributed by atoms with Gasteiger partial charge >= 0.3 is 11.9 Å². The summed E-state index contributed by atoms with van der Waals surface area (Å²) in [5.41, 5.74) is -2.51. The molecule has 0 bridgehead atoms. The Kier molecular flexibility index (Phi) is 3.65. The molecule has 0 aromatic carbocycles. The largest absolute Gasteiger partial charge is 0.481 e. The van der Waals surface area contributed by atoms with E-state index < -0.39 is 35.8 Å². The van der Waals surface area contributed by atoms with E-state index in [-0.39, 0.29) is 0 Å². The topological polar surface area (TPSA) is 94.8 Å². The minimum atomic E-state index is -1.72. The van der Waals surface area contributed by atoms with Crippen LogP contribution in [-0.4, -0.2) is 32.9 Å². The third-order valence-corrected chi connectivity index (χ3v) is 2.28. The van der Waals surface area contributed by atoms with Crippen molar-refractivity contribution in [3.8, 4) is 0 Å². The lowest BCUT2D eigenvalue weighted by Crippen LogP contribution is -2.46. The summed E-state index contributed by atoms with van der Waals surface area (Å²) < 4.78 is 0. The van der Waals surface area contributed by atoms with E-state index in [9.17, 15) is 14.7 Å². The van der Waals surface area contributed by atoms with Crippen molar-refractivity contribution in [1.29, 1.82) is 0 Å². The molecule has 0 aromatic rings. The van der Waals surface area contributed by atoms with Gasteiger partial charge in [-0.2, -0.15) is 0 Å². The van der Waals surface area contributed by atoms with Crippen LogP contribution in [0.15, 0.2) is 0 Å². The molecule has 0 unspecified atom stereocenters. The quantitative estimate of drug-likeness (QED) is 0.627. The second-order valence-corrected chi connectivity index (χ2v) is 4.42. The van der Waals surface area contributed by atoms with E-state index in [2.05, 4.69) is 0 Å². The average molecular weight is 204 g/mol. The van der Waals surface area contributed by atoms with Gasteiger partial charge in [-0.25, -0.2) is 0 Å². The second kappa shape index (κ2) is 3.96. The van der Waals surface area contributed by atoms with Crippen molar-refractivity contribution in [3.05, 3.63) is 0 Å². The molecule has 0 aliphatic carbocycles. The third kappa shape index (κ3) is 3.33. The smallest absolute Gasteiger partial charge is 0.306 e. The van der Waals surface area contributed by atoms with Crippen molar-refractivity contribution in [1.82, 2.24) is 0 Å². The Hall–Kier alpha value is -1.10. The first-order valence-corrected chi connectivity index (χ1v) is 4.24. The highest BCUT2D eigenvalue weighted by Gasteiger charge is 2.43. The van der Waals surface area contributed by atoms with Crippen LogP contribution in [0.25, 0.3) is 0 Å². The third-order valence-electron chi connectivity index (χ3n) is 2.28. The summed E-state index contributed by atoms with van der Waals surface area (Å²) in [5, 5.41) is 27.1. The molecular formula is C9H16O5. The van der Waals surface area contributed by atoms with Crippen LogP contribution in [-0.2, 0) is 9.59 Å². The van der Waals surface area contributed by atoms with Crippen LogP contribution in [0.5, 0.6) is 0 Å². The summed E-state index contributed by atoms with van der Waals surface area (Å²) in [7, 11) is 0. The minimum absolute atomic E-state index is 0.567. The highest BCUT2D eigenvalue weighted by molar-refractivity contribution is 5.72. The van der Waals surface area contributed by atoms with Crippen LogP contribution in [0.2, 0.25) is 0 Å². The number of carboxylic acid groups (broad SMARTS) is 2. The summed E-state index contributed by atoms with van der Waals surface area (Å²) >= 11 is 0. The minimum Gasteiger partial charge on any atom is -0.481 e. The number of aliphatic hydroxyl groups is 1. The summed E-state index contributed by atoms with van der Waals surface area (Å²) in [5.74, 6) is -2.41. The molecule has 5 nitrogen and oxygen atoms in total. The lowest BCUT2D eigenvalue weighted by atomic mass is 9.72. The molecule has 0 rings (SSSR count). The standard InChI is InChI=1S/C9H16O5/c1-8(2,3)9(14,4-6(10)11)5-7(12)13/h14H,4-5H2,1-3H3,(H,10,11)(H,12,13). The van der Waals surface area contributed by atoms with E-state index >= 15 is 0 Å². The van der Waals surface area contributed by atoms with E-state index in [1.54, 1.807) is 20.8 Å². The van der Waals surface area contributed by atoms with Gasteiger partial charge in [0.05, 0.1) is 18.4 Å². The predicted octanol–water partition coefficient (Wildman–Crippen LogP) is 0.713. The Balaban J connectivity index is 4.85. The molecule has 0 aliphatic heterocycles. The van der Waals surface area contributed by atoms with Gasteiger partial charge in [-0.15, -0.1) is 0 Å². The normalized spacial score (nSPS) is 12.6. The first kappa shape index (κ1) is 12.9. The number of hydrogen-bond acceptors (Lipinski definition) is 3. The summed E-state index contributed by atoms with van der Waals surface area (Å²) in [6.45, 7) is 4.83. The fourth-order valence-corrected chi connectivity index (χ4v) is 1.09. The molecule has 0 fully saturated rings. The zero-order valence-corrected chi connectivity index (χ0v) is 8.57. The zero-order valence-electron chi connectivity index (χ0n) is 8.57. The monoisotopic (exact) mass is 204 g/mol. The molecule has 0 atom stereocenters. The molecule has 0 saturated heterocycles. The van der Waals surface area contributed by atoms with Gasteiger partial charge in [0.25, 0.3) is 0 Å². The Morgan fingerprint density at radius 3 is 1.43 bits per heavy atom. The van der Waals surface area contributed by atoms with Gasteiger partial charge < -0.3 is 15.3 Å². The summed E-state index contributed by atoms with van der Waals surface area (Å²) in [6, 6.07) is 0. The molecule has 82 valence electrons. The number of aliphatic carboxylic acids is 2. The molecule has 0 amide bonds. The molecule has 0 aliphatic rings. The van der Waals surface area contributed by atoms with Gasteiger partial charge in [-0.3, -0.25) is 9.59 Å². The summed E-state index contributed by atoms with van der Waals surface area (Å²) in [4.78, 5) is 21.0. The van der Waals surface area contributed by atoms with Gasteiger partial charge in [-0.05, 0) is 5.41 Å². The van der Waals surface area contributed by atoms with E-state index in [0.717, 1.165) is 0 Å². The van der Waals surface area contributed by atoms with E-state index in [1.165, 1.54) is 0 Å². The molecule has 14 heavy (non-hydrogen) atoms. The molecular weight excluding hydrogens is 188 g/mol. The molecule has 3 N–H and O–H groups in total.